The summed E-state index contributed by atoms with van der Waals surface area (Å²) >= 11 is 3.69. The van der Waals surface area contributed by atoms with Gasteiger partial charge in [-0.25, -0.2) is 0 Å². The lowest BCUT2D eigenvalue weighted by Gasteiger charge is -2.11. The van der Waals surface area contributed by atoms with E-state index in [0.717, 1.165) is 12.5 Å². The SMILES string of the molecule is CC(CC1CC1)NCc1cc(-c2cccs2)cs1. The molecule has 2 aromatic heterocycles. The molecule has 0 bridgehead atoms. The monoisotopic (exact) mass is 277 g/mol. The molecule has 1 nitrogen and oxygen atoms in total. The Morgan fingerprint density at radius 2 is 2.28 bits per heavy atom. The first-order valence-corrected chi connectivity index (χ1v) is 8.42. The van der Waals surface area contributed by atoms with Crippen molar-refractivity contribution in [1.29, 1.82) is 0 Å². The van der Waals surface area contributed by atoms with Crippen molar-refractivity contribution in [3.05, 3.63) is 33.8 Å². The lowest BCUT2D eigenvalue weighted by Crippen LogP contribution is -2.25. The summed E-state index contributed by atoms with van der Waals surface area (Å²) in [6, 6.07) is 7.30. The van der Waals surface area contributed by atoms with Crippen molar-refractivity contribution in [3.63, 3.8) is 0 Å². The van der Waals surface area contributed by atoms with Gasteiger partial charge in [0.15, 0.2) is 0 Å². The molecule has 96 valence electrons. The number of nitrogens with one attached hydrogen (secondary N) is 1. The number of thiophene rings is 2. The van der Waals surface area contributed by atoms with E-state index in [1.165, 1.54) is 34.6 Å². The Labute approximate surface area is 117 Å². The largest absolute Gasteiger partial charge is 0.309 e. The maximum atomic E-state index is 3.64. The van der Waals surface area contributed by atoms with E-state index in [-0.39, 0.29) is 0 Å². The molecule has 0 aromatic carbocycles. The molecule has 0 amide bonds. The van der Waals surface area contributed by atoms with Crippen LogP contribution in [-0.2, 0) is 6.54 Å². The van der Waals surface area contributed by atoms with E-state index in [4.69, 9.17) is 0 Å². The van der Waals surface area contributed by atoms with E-state index in [1.54, 1.807) is 0 Å². The standard InChI is InChI=1S/C15H19NS2/c1-11(7-12-4-5-12)16-9-14-8-13(10-18-14)15-3-2-6-17-15/h2-3,6,8,10-12,16H,4-5,7,9H2,1H3. The van der Waals surface area contributed by atoms with Crippen LogP contribution < -0.4 is 5.32 Å². The second kappa shape index (κ2) is 5.55. The normalized spacial score (nSPS) is 16.9. The van der Waals surface area contributed by atoms with Gasteiger partial charge in [-0.05, 0) is 42.2 Å². The molecule has 1 aliphatic rings. The fourth-order valence-corrected chi connectivity index (χ4v) is 3.88. The van der Waals surface area contributed by atoms with Gasteiger partial charge < -0.3 is 5.32 Å². The van der Waals surface area contributed by atoms with Crippen LogP contribution in [0.1, 0.15) is 31.1 Å². The van der Waals surface area contributed by atoms with Crippen LogP contribution in [-0.4, -0.2) is 6.04 Å². The highest BCUT2D eigenvalue weighted by Gasteiger charge is 2.23. The molecular weight excluding hydrogens is 258 g/mol. The van der Waals surface area contributed by atoms with Crippen LogP contribution in [0.15, 0.2) is 29.0 Å². The third-order valence-corrected chi connectivity index (χ3v) is 5.32. The van der Waals surface area contributed by atoms with Gasteiger partial charge in [0.25, 0.3) is 0 Å². The lowest BCUT2D eigenvalue weighted by atomic mass is 10.1. The smallest absolute Gasteiger partial charge is 0.0351 e. The molecule has 0 spiro atoms. The van der Waals surface area contributed by atoms with Crippen molar-refractivity contribution in [2.75, 3.05) is 0 Å². The second-order valence-electron chi connectivity index (χ2n) is 5.24. The average Bonchev–Trinajstić information content (AvgIpc) is 2.87. The first kappa shape index (κ1) is 12.4. The fraction of sp³-hybridized carbons (Fsp3) is 0.467. The first-order chi connectivity index (χ1) is 8.81. The molecular formula is C15H19NS2. The Hall–Kier alpha value is -0.640. The molecule has 2 heterocycles. The number of hydrogen-bond donors (Lipinski definition) is 1. The Bertz CT molecular complexity index is 482. The molecule has 3 heteroatoms. The third-order valence-electron chi connectivity index (χ3n) is 3.47. The molecule has 2 aromatic rings. The molecule has 1 saturated carbocycles. The zero-order valence-electron chi connectivity index (χ0n) is 10.7. The maximum absolute atomic E-state index is 3.64. The second-order valence-corrected chi connectivity index (χ2v) is 7.18. The minimum atomic E-state index is 0.657. The van der Waals surface area contributed by atoms with Gasteiger partial charge >= 0.3 is 0 Å². The highest BCUT2D eigenvalue weighted by Crippen LogP contribution is 2.33. The van der Waals surface area contributed by atoms with E-state index < -0.39 is 0 Å². The molecule has 1 unspecified atom stereocenters. The summed E-state index contributed by atoms with van der Waals surface area (Å²) in [4.78, 5) is 2.82. The van der Waals surface area contributed by atoms with Crippen molar-refractivity contribution in [2.24, 2.45) is 5.92 Å². The quantitative estimate of drug-likeness (QED) is 0.803. The van der Waals surface area contributed by atoms with E-state index >= 15 is 0 Å². The summed E-state index contributed by atoms with van der Waals surface area (Å²) < 4.78 is 0. The van der Waals surface area contributed by atoms with E-state index in [0.29, 0.717) is 6.04 Å². The summed E-state index contributed by atoms with van der Waals surface area (Å²) in [5.74, 6) is 1.01. The Balaban J connectivity index is 1.53. The molecule has 0 aliphatic heterocycles. The Morgan fingerprint density at radius 1 is 1.39 bits per heavy atom. The van der Waals surface area contributed by atoms with E-state index in [9.17, 15) is 0 Å². The van der Waals surface area contributed by atoms with Crippen molar-refractivity contribution in [2.45, 2.75) is 38.8 Å². The van der Waals surface area contributed by atoms with Crippen LogP contribution in [0.2, 0.25) is 0 Å². The molecule has 1 atom stereocenters. The number of hydrogen-bond acceptors (Lipinski definition) is 3. The highest BCUT2D eigenvalue weighted by molar-refractivity contribution is 7.14. The zero-order valence-corrected chi connectivity index (χ0v) is 12.3. The lowest BCUT2D eigenvalue weighted by molar-refractivity contribution is 0.490. The van der Waals surface area contributed by atoms with Gasteiger partial charge in [-0.1, -0.05) is 18.9 Å². The van der Waals surface area contributed by atoms with Gasteiger partial charge in [0.05, 0.1) is 0 Å². The highest BCUT2D eigenvalue weighted by atomic mass is 32.1. The first-order valence-electron chi connectivity index (χ1n) is 6.66. The molecule has 1 aliphatic carbocycles. The predicted molar refractivity (Wildman–Crippen MR) is 81.3 cm³/mol. The van der Waals surface area contributed by atoms with Gasteiger partial charge in [-0.3, -0.25) is 0 Å². The average molecular weight is 277 g/mol. The third kappa shape index (κ3) is 3.22. The van der Waals surface area contributed by atoms with Crippen LogP contribution >= 0.6 is 22.7 Å². The summed E-state index contributed by atoms with van der Waals surface area (Å²) in [5, 5.41) is 8.06. The summed E-state index contributed by atoms with van der Waals surface area (Å²) in [6.45, 7) is 3.33. The van der Waals surface area contributed by atoms with Gasteiger partial charge in [0, 0.05) is 27.9 Å². The van der Waals surface area contributed by atoms with Crippen LogP contribution in [0.25, 0.3) is 10.4 Å². The summed E-state index contributed by atoms with van der Waals surface area (Å²) in [5.41, 5.74) is 1.38. The van der Waals surface area contributed by atoms with Crippen molar-refractivity contribution in [1.82, 2.24) is 5.32 Å². The molecule has 0 saturated heterocycles. The maximum Gasteiger partial charge on any atom is 0.0351 e. The van der Waals surface area contributed by atoms with Crippen LogP contribution in [0.3, 0.4) is 0 Å². The van der Waals surface area contributed by atoms with Gasteiger partial charge in [-0.15, -0.1) is 22.7 Å². The minimum Gasteiger partial charge on any atom is -0.309 e. The van der Waals surface area contributed by atoms with Crippen LogP contribution in [0, 0.1) is 5.92 Å². The summed E-state index contributed by atoms with van der Waals surface area (Å²) in [7, 11) is 0. The van der Waals surface area contributed by atoms with Gasteiger partial charge in [0.2, 0.25) is 0 Å². The van der Waals surface area contributed by atoms with Crippen molar-refractivity contribution >= 4 is 22.7 Å². The topological polar surface area (TPSA) is 12.0 Å². The van der Waals surface area contributed by atoms with Gasteiger partial charge in [-0.2, -0.15) is 0 Å². The zero-order chi connectivity index (χ0) is 12.4. The molecule has 1 fully saturated rings. The van der Waals surface area contributed by atoms with Crippen molar-refractivity contribution < 1.29 is 0 Å². The molecule has 3 rings (SSSR count). The van der Waals surface area contributed by atoms with Crippen LogP contribution in [0.5, 0.6) is 0 Å². The van der Waals surface area contributed by atoms with Crippen LogP contribution in [0.4, 0.5) is 0 Å². The number of rotatable bonds is 6. The summed E-state index contributed by atoms with van der Waals surface area (Å²) in [6.07, 6.45) is 4.25. The Kier molecular flexibility index (Phi) is 3.83. The Morgan fingerprint density at radius 3 is 3.00 bits per heavy atom. The molecule has 1 N–H and O–H groups in total. The van der Waals surface area contributed by atoms with E-state index in [2.05, 4.69) is 41.2 Å². The molecule has 18 heavy (non-hydrogen) atoms. The minimum absolute atomic E-state index is 0.657. The van der Waals surface area contributed by atoms with Crippen molar-refractivity contribution in [3.8, 4) is 10.4 Å². The molecule has 0 radical (unpaired) electrons. The van der Waals surface area contributed by atoms with Gasteiger partial charge in [0.1, 0.15) is 0 Å². The fourth-order valence-electron chi connectivity index (χ4n) is 2.26. The van der Waals surface area contributed by atoms with E-state index in [1.807, 2.05) is 22.7 Å². The predicted octanol–water partition coefficient (Wildman–Crippen LogP) is 4.75.